The van der Waals surface area contributed by atoms with Crippen molar-refractivity contribution in [2.75, 3.05) is 13.1 Å². The van der Waals surface area contributed by atoms with Gasteiger partial charge in [0.1, 0.15) is 5.75 Å². The Labute approximate surface area is 153 Å². The second-order valence-electron chi connectivity index (χ2n) is 6.87. The van der Waals surface area contributed by atoms with E-state index < -0.39 is 0 Å². The standard InChI is InChI=1S/C21H23ClN2O/c1-14(2)25-18-4-5-19(20(22)13-18)15-3-6-21-16(11-15)12-17-7-8-23-9-10-24(17)21/h3-6,11-14,23H,7-10H2,1-2H3. The molecule has 0 saturated heterocycles. The van der Waals surface area contributed by atoms with Gasteiger partial charge in [-0.05, 0) is 55.8 Å². The predicted molar refractivity (Wildman–Crippen MR) is 105 cm³/mol. The van der Waals surface area contributed by atoms with Crippen LogP contribution in [0.15, 0.2) is 42.5 Å². The van der Waals surface area contributed by atoms with Crippen LogP contribution in [0.5, 0.6) is 5.75 Å². The van der Waals surface area contributed by atoms with Crippen LogP contribution in [0.4, 0.5) is 0 Å². The van der Waals surface area contributed by atoms with Crippen molar-refractivity contribution in [1.82, 2.24) is 9.88 Å². The van der Waals surface area contributed by atoms with Crippen LogP contribution in [0, 0.1) is 0 Å². The molecule has 3 nitrogen and oxygen atoms in total. The summed E-state index contributed by atoms with van der Waals surface area (Å²) in [5, 5.41) is 5.47. The number of halogens is 1. The molecule has 0 fully saturated rings. The first-order chi connectivity index (χ1) is 12.1. The van der Waals surface area contributed by atoms with E-state index in [4.69, 9.17) is 16.3 Å². The summed E-state index contributed by atoms with van der Waals surface area (Å²) in [5.74, 6) is 0.813. The topological polar surface area (TPSA) is 26.2 Å². The quantitative estimate of drug-likeness (QED) is 0.724. The molecule has 1 aliphatic heterocycles. The zero-order valence-electron chi connectivity index (χ0n) is 14.7. The lowest BCUT2D eigenvalue weighted by molar-refractivity contribution is 0.242. The molecule has 2 heterocycles. The molecule has 0 spiro atoms. The second kappa shape index (κ2) is 6.74. The molecular formula is C21H23ClN2O. The maximum atomic E-state index is 6.53. The third-order valence-corrected chi connectivity index (χ3v) is 4.99. The van der Waals surface area contributed by atoms with Gasteiger partial charge in [0.05, 0.1) is 11.1 Å². The van der Waals surface area contributed by atoms with Crippen molar-refractivity contribution in [3.63, 3.8) is 0 Å². The SMILES string of the molecule is CC(C)Oc1ccc(-c2ccc3c(c2)cc2n3CCNCC2)c(Cl)c1. The first-order valence-corrected chi connectivity index (χ1v) is 9.29. The van der Waals surface area contributed by atoms with E-state index in [0.29, 0.717) is 0 Å². The summed E-state index contributed by atoms with van der Waals surface area (Å²) >= 11 is 6.53. The summed E-state index contributed by atoms with van der Waals surface area (Å²) in [6, 6.07) is 14.9. The van der Waals surface area contributed by atoms with Gasteiger partial charge in [-0.1, -0.05) is 17.7 Å². The van der Waals surface area contributed by atoms with Crippen LogP contribution in [0.3, 0.4) is 0 Å². The molecule has 1 N–H and O–H groups in total. The van der Waals surface area contributed by atoms with E-state index in [2.05, 4.69) is 34.1 Å². The summed E-state index contributed by atoms with van der Waals surface area (Å²) in [6.45, 7) is 7.14. The average Bonchev–Trinajstić information content (AvgIpc) is 2.74. The van der Waals surface area contributed by atoms with Gasteiger partial charge in [0.15, 0.2) is 0 Å². The first-order valence-electron chi connectivity index (χ1n) is 8.91. The van der Waals surface area contributed by atoms with Crippen molar-refractivity contribution in [3.05, 3.63) is 53.2 Å². The Hall–Kier alpha value is -1.97. The van der Waals surface area contributed by atoms with Gasteiger partial charge in [-0.15, -0.1) is 0 Å². The van der Waals surface area contributed by atoms with Gasteiger partial charge in [0.25, 0.3) is 0 Å². The summed E-state index contributed by atoms with van der Waals surface area (Å²) in [5.41, 5.74) is 4.90. The number of rotatable bonds is 3. The maximum absolute atomic E-state index is 6.53. The van der Waals surface area contributed by atoms with Crippen LogP contribution < -0.4 is 10.1 Å². The molecule has 0 bridgehead atoms. The third-order valence-electron chi connectivity index (χ3n) is 4.68. The number of ether oxygens (including phenoxy) is 1. The smallest absolute Gasteiger partial charge is 0.121 e. The molecule has 0 radical (unpaired) electrons. The minimum absolute atomic E-state index is 0.143. The van der Waals surface area contributed by atoms with Crippen LogP contribution in [-0.2, 0) is 13.0 Å². The Morgan fingerprint density at radius 2 is 1.96 bits per heavy atom. The molecule has 2 aromatic carbocycles. The Bertz CT molecular complexity index is 914. The van der Waals surface area contributed by atoms with E-state index >= 15 is 0 Å². The fourth-order valence-electron chi connectivity index (χ4n) is 3.57. The van der Waals surface area contributed by atoms with Gasteiger partial charge in [-0.25, -0.2) is 0 Å². The van der Waals surface area contributed by atoms with Crippen LogP contribution in [0.1, 0.15) is 19.5 Å². The molecule has 0 saturated carbocycles. The number of nitrogens with zero attached hydrogens (tertiary/aromatic N) is 1. The Kier molecular flexibility index (Phi) is 4.45. The van der Waals surface area contributed by atoms with Gasteiger partial charge < -0.3 is 14.6 Å². The second-order valence-corrected chi connectivity index (χ2v) is 7.28. The molecule has 3 aromatic rings. The zero-order chi connectivity index (χ0) is 17.4. The Morgan fingerprint density at radius 1 is 1.08 bits per heavy atom. The number of hydrogen-bond donors (Lipinski definition) is 1. The molecule has 0 amide bonds. The maximum Gasteiger partial charge on any atom is 0.121 e. The lowest BCUT2D eigenvalue weighted by Gasteiger charge is -2.12. The van der Waals surface area contributed by atoms with Gasteiger partial charge in [0.2, 0.25) is 0 Å². The molecule has 4 rings (SSSR count). The van der Waals surface area contributed by atoms with Gasteiger partial charge in [-0.3, -0.25) is 0 Å². The van der Waals surface area contributed by atoms with Crippen molar-refractivity contribution in [2.45, 2.75) is 32.9 Å². The molecule has 25 heavy (non-hydrogen) atoms. The van der Waals surface area contributed by atoms with Crippen molar-refractivity contribution >= 4 is 22.5 Å². The van der Waals surface area contributed by atoms with Gasteiger partial charge >= 0.3 is 0 Å². The molecule has 0 unspecified atom stereocenters. The largest absolute Gasteiger partial charge is 0.491 e. The van der Waals surface area contributed by atoms with Crippen molar-refractivity contribution < 1.29 is 4.74 Å². The molecule has 1 aliphatic rings. The molecule has 0 aliphatic carbocycles. The molecule has 1 aromatic heterocycles. The molecule has 130 valence electrons. The highest BCUT2D eigenvalue weighted by Crippen LogP contribution is 2.34. The number of nitrogens with one attached hydrogen (secondary N) is 1. The number of fused-ring (bicyclic) bond motifs is 3. The first kappa shape index (κ1) is 16.5. The van der Waals surface area contributed by atoms with Crippen molar-refractivity contribution in [2.24, 2.45) is 0 Å². The Morgan fingerprint density at radius 3 is 2.76 bits per heavy atom. The van der Waals surface area contributed by atoms with E-state index in [9.17, 15) is 0 Å². The normalized spacial score (nSPS) is 14.6. The van der Waals surface area contributed by atoms with E-state index in [0.717, 1.165) is 48.0 Å². The summed E-state index contributed by atoms with van der Waals surface area (Å²) in [7, 11) is 0. The highest BCUT2D eigenvalue weighted by atomic mass is 35.5. The third kappa shape index (κ3) is 3.26. The average molecular weight is 355 g/mol. The lowest BCUT2D eigenvalue weighted by Crippen LogP contribution is -2.17. The number of benzene rings is 2. The summed E-state index contributed by atoms with van der Waals surface area (Å²) < 4.78 is 8.16. The zero-order valence-corrected chi connectivity index (χ0v) is 15.4. The van der Waals surface area contributed by atoms with Crippen LogP contribution in [-0.4, -0.2) is 23.8 Å². The minimum atomic E-state index is 0.143. The minimum Gasteiger partial charge on any atom is -0.491 e. The predicted octanol–water partition coefficient (Wildman–Crippen LogP) is 4.89. The molecule has 0 atom stereocenters. The van der Waals surface area contributed by atoms with Crippen LogP contribution in [0.25, 0.3) is 22.0 Å². The number of hydrogen-bond acceptors (Lipinski definition) is 2. The fourth-order valence-corrected chi connectivity index (χ4v) is 3.85. The molecular weight excluding hydrogens is 332 g/mol. The Balaban J connectivity index is 1.72. The number of aromatic nitrogens is 1. The van der Waals surface area contributed by atoms with E-state index in [1.165, 1.54) is 16.6 Å². The van der Waals surface area contributed by atoms with Crippen molar-refractivity contribution in [3.8, 4) is 16.9 Å². The van der Waals surface area contributed by atoms with Gasteiger partial charge in [0, 0.05) is 48.2 Å². The van der Waals surface area contributed by atoms with Crippen molar-refractivity contribution in [1.29, 1.82) is 0 Å². The highest BCUT2D eigenvalue weighted by molar-refractivity contribution is 6.33. The highest BCUT2D eigenvalue weighted by Gasteiger charge is 2.13. The molecule has 4 heteroatoms. The monoisotopic (exact) mass is 354 g/mol. The van der Waals surface area contributed by atoms with E-state index in [1.807, 2.05) is 32.0 Å². The summed E-state index contributed by atoms with van der Waals surface area (Å²) in [6.07, 6.45) is 1.22. The lowest BCUT2D eigenvalue weighted by atomic mass is 10.0. The van der Waals surface area contributed by atoms with E-state index in [-0.39, 0.29) is 6.10 Å². The fraction of sp³-hybridized carbons (Fsp3) is 0.333. The van der Waals surface area contributed by atoms with E-state index in [1.54, 1.807) is 0 Å². The summed E-state index contributed by atoms with van der Waals surface area (Å²) in [4.78, 5) is 0. The van der Waals surface area contributed by atoms with Crippen LogP contribution in [0.2, 0.25) is 5.02 Å². The van der Waals surface area contributed by atoms with Gasteiger partial charge in [-0.2, -0.15) is 0 Å². The van der Waals surface area contributed by atoms with Crippen LogP contribution >= 0.6 is 11.6 Å².